The zero-order chi connectivity index (χ0) is 17.0. The number of carbonyl (C=O) groups is 1. The van der Waals surface area contributed by atoms with E-state index in [2.05, 4.69) is 20.8 Å². The lowest BCUT2D eigenvalue weighted by Gasteiger charge is -2.36. The zero-order valence-electron chi connectivity index (χ0n) is 15.0. The van der Waals surface area contributed by atoms with Gasteiger partial charge in [-0.15, -0.1) is 12.4 Å². The molecule has 2 N–H and O–H groups in total. The molecule has 4 heteroatoms. The first kappa shape index (κ1) is 21.5. The van der Waals surface area contributed by atoms with Crippen LogP contribution in [-0.4, -0.2) is 5.78 Å². The van der Waals surface area contributed by atoms with E-state index in [4.69, 9.17) is 17.3 Å². The molecule has 0 unspecified atom stereocenters. The number of Topliss-reactive ketones (excluding diaryl/α,β-unsaturated/α-hetero) is 1. The summed E-state index contributed by atoms with van der Waals surface area (Å²) in [7, 11) is 0. The van der Waals surface area contributed by atoms with Crippen molar-refractivity contribution in [2.45, 2.75) is 58.9 Å². The van der Waals surface area contributed by atoms with Gasteiger partial charge in [0.1, 0.15) is 5.78 Å². The van der Waals surface area contributed by atoms with E-state index in [1.165, 1.54) is 12.8 Å². The van der Waals surface area contributed by atoms with Gasteiger partial charge >= 0.3 is 0 Å². The second-order valence-electron chi connectivity index (χ2n) is 7.57. The maximum atomic E-state index is 12.8. The first-order chi connectivity index (χ1) is 10.9. The highest BCUT2D eigenvalue weighted by Crippen LogP contribution is 2.39. The molecule has 2 nitrogen and oxygen atoms in total. The maximum absolute atomic E-state index is 12.8. The zero-order valence-corrected chi connectivity index (χ0v) is 16.6. The number of halogens is 2. The van der Waals surface area contributed by atoms with Crippen molar-refractivity contribution in [1.82, 2.24) is 0 Å². The van der Waals surface area contributed by atoms with Crippen LogP contribution in [0.4, 0.5) is 0 Å². The fourth-order valence-electron chi connectivity index (χ4n) is 3.99. The molecule has 1 aliphatic carbocycles. The van der Waals surface area contributed by atoms with E-state index in [1.54, 1.807) is 0 Å². The average Bonchev–Trinajstić information content (AvgIpc) is 2.52. The molecular weight excluding hydrogens is 341 g/mol. The number of nitrogens with two attached hydrogens (primary N) is 1. The van der Waals surface area contributed by atoms with Gasteiger partial charge < -0.3 is 5.73 Å². The van der Waals surface area contributed by atoms with Gasteiger partial charge in [0, 0.05) is 23.4 Å². The van der Waals surface area contributed by atoms with Gasteiger partial charge in [-0.25, -0.2) is 0 Å². The Kier molecular flexibility index (Phi) is 8.76. The van der Waals surface area contributed by atoms with Gasteiger partial charge in [-0.3, -0.25) is 4.79 Å². The van der Waals surface area contributed by atoms with Crippen LogP contribution in [0.2, 0.25) is 5.02 Å². The van der Waals surface area contributed by atoms with E-state index in [9.17, 15) is 4.79 Å². The fourth-order valence-corrected chi connectivity index (χ4v) is 4.26. The first-order valence-electron chi connectivity index (χ1n) is 8.92. The molecule has 0 bridgehead atoms. The van der Waals surface area contributed by atoms with E-state index in [-0.39, 0.29) is 24.4 Å². The third-order valence-electron chi connectivity index (χ3n) is 5.44. The number of hydrogen-bond donors (Lipinski definition) is 1. The standard InChI is InChI=1S/C20H30ClNO.ClH/c1-13(2)15-9-8-14(3)12-17(15)20(23)11-10-19(22)16-6-4-5-7-18(16)21;/h4-7,13-15,17,19H,8-12,22H2,1-3H3;1H/t14-,15+,17-,19-;/m1./s1. The third-order valence-corrected chi connectivity index (χ3v) is 5.79. The highest BCUT2D eigenvalue weighted by Gasteiger charge is 2.34. The number of carbonyl (C=O) groups excluding carboxylic acids is 1. The highest BCUT2D eigenvalue weighted by molar-refractivity contribution is 6.31. The number of rotatable bonds is 6. The second-order valence-corrected chi connectivity index (χ2v) is 7.97. The Morgan fingerprint density at radius 3 is 2.58 bits per heavy atom. The van der Waals surface area contributed by atoms with Crippen LogP contribution >= 0.6 is 24.0 Å². The van der Waals surface area contributed by atoms with Crippen LogP contribution in [0.25, 0.3) is 0 Å². The van der Waals surface area contributed by atoms with Crippen molar-refractivity contribution in [3.05, 3.63) is 34.9 Å². The molecule has 0 aromatic heterocycles. The van der Waals surface area contributed by atoms with Crippen LogP contribution in [0.15, 0.2) is 24.3 Å². The Morgan fingerprint density at radius 2 is 1.96 bits per heavy atom. The van der Waals surface area contributed by atoms with Crippen LogP contribution in [0.1, 0.15) is 64.5 Å². The van der Waals surface area contributed by atoms with Gasteiger partial charge in [-0.2, -0.15) is 0 Å². The molecule has 136 valence electrons. The molecule has 1 aromatic rings. The maximum Gasteiger partial charge on any atom is 0.136 e. The Bertz CT molecular complexity index is 532. The Balaban J connectivity index is 0.00000288. The van der Waals surface area contributed by atoms with Crippen LogP contribution in [0.3, 0.4) is 0 Å². The molecule has 1 aromatic carbocycles. The lowest BCUT2D eigenvalue weighted by Crippen LogP contribution is -2.33. The summed E-state index contributed by atoms with van der Waals surface area (Å²) in [6, 6.07) is 7.50. The molecular formula is C20H31Cl2NO. The van der Waals surface area contributed by atoms with Gasteiger partial charge in [0.05, 0.1) is 0 Å². The van der Waals surface area contributed by atoms with Gasteiger partial charge in [-0.05, 0) is 48.6 Å². The van der Waals surface area contributed by atoms with Crippen molar-refractivity contribution in [1.29, 1.82) is 0 Å². The molecule has 0 saturated heterocycles. The number of hydrogen-bond acceptors (Lipinski definition) is 2. The van der Waals surface area contributed by atoms with Crippen LogP contribution in [0.5, 0.6) is 0 Å². The van der Waals surface area contributed by atoms with E-state index in [0.717, 1.165) is 12.0 Å². The number of ketones is 1. The molecule has 1 saturated carbocycles. The van der Waals surface area contributed by atoms with Gasteiger partial charge in [-0.1, -0.05) is 57.0 Å². The predicted molar refractivity (Wildman–Crippen MR) is 105 cm³/mol. The van der Waals surface area contributed by atoms with Gasteiger partial charge in [0.15, 0.2) is 0 Å². The normalized spacial score (nSPS) is 25.2. The molecule has 0 aliphatic heterocycles. The monoisotopic (exact) mass is 371 g/mol. The SMILES string of the molecule is CC(C)[C@@H]1CC[C@@H](C)C[C@H]1C(=O)CC[C@@H](N)c1ccccc1Cl.Cl. The quantitative estimate of drug-likeness (QED) is 0.684. The minimum atomic E-state index is -0.161. The molecule has 2 rings (SSSR count). The Morgan fingerprint density at radius 1 is 1.29 bits per heavy atom. The number of benzene rings is 1. The van der Waals surface area contributed by atoms with E-state index in [0.29, 0.717) is 41.4 Å². The van der Waals surface area contributed by atoms with Crippen molar-refractivity contribution in [2.75, 3.05) is 0 Å². The summed E-state index contributed by atoms with van der Waals surface area (Å²) < 4.78 is 0. The molecule has 4 atom stereocenters. The third kappa shape index (κ3) is 5.47. The van der Waals surface area contributed by atoms with Gasteiger partial charge in [0.2, 0.25) is 0 Å². The average molecular weight is 372 g/mol. The second kappa shape index (κ2) is 9.79. The topological polar surface area (TPSA) is 43.1 Å². The lowest BCUT2D eigenvalue weighted by atomic mass is 9.68. The molecule has 0 radical (unpaired) electrons. The molecule has 0 heterocycles. The van der Waals surface area contributed by atoms with E-state index >= 15 is 0 Å². The van der Waals surface area contributed by atoms with Crippen molar-refractivity contribution in [3.8, 4) is 0 Å². The van der Waals surface area contributed by atoms with Crippen LogP contribution < -0.4 is 5.73 Å². The van der Waals surface area contributed by atoms with Crippen LogP contribution in [0, 0.1) is 23.7 Å². The lowest BCUT2D eigenvalue weighted by molar-refractivity contribution is -0.127. The van der Waals surface area contributed by atoms with Gasteiger partial charge in [0.25, 0.3) is 0 Å². The summed E-state index contributed by atoms with van der Waals surface area (Å²) in [5.41, 5.74) is 7.20. The summed E-state index contributed by atoms with van der Waals surface area (Å²) in [5, 5.41) is 0.693. The first-order valence-corrected chi connectivity index (χ1v) is 9.30. The Labute approximate surface area is 157 Å². The van der Waals surface area contributed by atoms with Crippen LogP contribution in [-0.2, 0) is 4.79 Å². The molecule has 1 aliphatic rings. The van der Waals surface area contributed by atoms with Crippen molar-refractivity contribution in [3.63, 3.8) is 0 Å². The van der Waals surface area contributed by atoms with Crippen molar-refractivity contribution >= 4 is 29.8 Å². The molecule has 0 amide bonds. The smallest absolute Gasteiger partial charge is 0.136 e. The molecule has 1 fully saturated rings. The minimum Gasteiger partial charge on any atom is -0.324 e. The Hall–Kier alpha value is -0.570. The minimum absolute atomic E-state index is 0. The van der Waals surface area contributed by atoms with E-state index < -0.39 is 0 Å². The summed E-state index contributed by atoms with van der Waals surface area (Å²) in [4.78, 5) is 12.8. The predicted octanol–water partition coefficient (Wildman–Crippen LogP) is 5.82. The fraction of sp³-hybridized carbons (Fsp3) is 0.650. The van der Waals surface area contributed by atoms with Crippen molar-refractivity contribution in [2.24, 2.45) is 29.4 Å². The highest BCUT2D eigenvalue weighted by atomic mass is 35.5. The van der Waals surface area contributed by atoms with Crippen molar-refractivity contribution < 1.29 is 4.79 Å². The van der Waals surface area contributed by atoms with E-state index in [1.807, 2.05) is 24.3 Å². The largest absolute Gasteiger partial charge is 0.324 e. The summed E-state index contributed by atoms with van der Waals surface area (Å²) in [6.45, 7) is 6.76. The molecule has 24 heavy (non-hydrogen) atoms. The molecule has 0 spiro atoms. The summed E-state index contributed by atoms with van der Waals surface area (Å²) >= 11 is 6.20. The summed E-state index contributed by atoms with van der Waals surface area (Å²) in [5.74, 6) is 2.40. The summed E-state index contributed by atoms with van der Waals surface area (Å²) in [6.07, 6.45) is 4.73.